The minimum absolute atomic E-state index is 0.00749. The molecule has 0 aromatic heterocycles. The van der Waals surface area contributed by atoms with E-state index in [0.717, 1.165) is 5.56 Å². The van der Waals surface area contributed by atoms with E-state index in [9.17, 15) is 4.79 Å². The predicted molar refractivity (Wildman–Crippen MR) is 78.2 cm³/mol. The molecule has 0 unspecified atom stereocenters. The minimum atomic E-state index is -0.158. The molecule has 0 aliphatic carbocycles. The molecule has 0 saturated heterocycles. The molecule has 0 atom stereocenters. The Labute approximate surface area is 122 Å². The summed E-state index contributed by atoms with van der Waals surface area (Å²) in [6, 6.07) is 12.1. The van der Waals surface area contributed by atoms with Crippen LogP contribution in [0.3, 0.4) is 0 Å². The summed E-state index contributed by atoms with van der Waals surface area (Å²) >= 11 is 6.10. The summed E-state index contributed by atoms with van der Waals surface area (Å²) in [4.78, 5) is 11.0. The lowest BCUT2D eigenvalue weighted by molar-refractivity contribution is -0.114. The highest BCUT2D eigenvalue weighted by atomic mass is 35.5. The largest absolute Gasteiger partial charge is 0.456 e. The number of carbonyl (C=O) groups is 1. The van der Waals surface area contributed by atoms with E-state index in [-0.39, 0.29) is 12.5 Å². The summed E-state index contributed by atoms with van der Waals surface area (Å²) in [6.07, 6.45) is 0. The lowest BCUT2D eigenvalue weighted by Gasteiger charge is -2.10. The molecule has 4 nitrogen and oxygen atoms in total. The Balaban J connectivity index is 2.14. The maximum atomic E-state index is 11.0. The summed E-state index contributed by atoms with van der Waals surface area (Å²) in [5.74, 6) is 0.961. The zero-order valence-electron chi connectivity index (χ0n) is 10.9. The van der Waals surface area contributed by atoms with E-state index in [1.165, 1.54) is 6.92 Å². The van der Waals surface area contributed by atoms with Crippen LogP contribution in [0.4, 0.5) is 5.69 Å². The zero-order chi connectivity index (χ0) is 14.5. The maximum Gasteiger partial charge on any atom is 0.221 e. The van der Waals surface area contributed by atoms with E-state index in [4.69, 9.17) is 21.4 Å². The van der Waals surface area contributed by atoms with Gasteiger partial charge in [-0.25, -0.2) is 0 Å². The number of halogens is 1. The number of rotatable bonds is 4. The summed E-state index contributed by atoms with van der Waals surface area (Å²) in [7, 11) is 0. The highest BCUT2D eigenvalue weighted by Crippen LogP contribution is 2.31. The molecule has 0 bridgehead atoms. The molecule has 1 amide bonds. The normalized spacial score (nSPS) is 10.2. The number of carbonyl (C=O) groups excluding carboxylic acids is 1. The number of hydrogen-bond donors (Lipinski definition) is 2. The van der Waals surface area contributed by atoms with Crippen molar-refractivity contribution in [1.29, 1.82) is 0 Å². The van der Waals surface area contributed by atoms with Gasteiger partial charge in [-0.2, -0.15) is 0 Å². The summed E-state index contributed by atoms with van der Waals surface area (Å²) in [5, 5.41) is 12.0. The molecule has 0 spiro atoms. The molecule has 0 fully saturated rings. The fourth-order valence-electron chi connectivity index (χ4n) is 1.65. The molecule has 0 radical (unpaired) electrons. The third kappa shape index (κ3) is 3.73. The number of hydrogen-bond acceptors (Lipinski definition) is 3. The van der Waals surface area contributed by atoms with Crippen molar-refractivity contribution in [3.63, 3.8) is 0 Å². The van der Waals surface area contributed by atoms with Gasteiger partial charge in [-0.3, -0.25) is 4.79 Å². The van der Waals surface area contributed by atoms with Gasteiger partial charge in [0.1, 0.15) is 11.5 Å². The molecule has 0 aliphatic rings. The Morgan fingerprint density at radius 1 is 1.25 bits per heavy atom. The molecular weight excluding hydrogens is 278 g/mol. The minimum Gasteiger partial charge on any atom is -0.456 e. The van der Waals surface area contributed by atoms with Gasteiger partial charge in [0, 0.05) is 12.6 Å². The van der Waals surface area contributed by atoms with Gasteiger partial charge >= 0.3 is 0 Å². The van der Waals surface area contributed by atoms with Gasteiger partial charge in [-0.05, 0) is 35.9 Å². The van der Waals surface area contributed by atoms with Gasteiger partial charge in [0.05, 0.1) is 11.6 Å². The van der Waals surface area contributed by atoms with Crippen molar-refractivity contribution in [2.45, 2.75) is 13.5 Å². The van der Waals surface area contributed by atoms with Crippen LogP contribution in [0, 0.1) is 0 Å². The molecule has 0 aliphatic heterocycles. The summed E-state index contributed by atoms with van der Waals surface area (Å²) in [5.41, 5.74) is 1.43. The number of aliphatic hydroxyl groups excluding tert-OH is 1. The van der Waals surface area contributed by atoms with E-state index in [1.807, 2.05) is 0 Å². The SMILES string of the molecule is CC(=O)Nc1ccc(Oc2ccc(CO)cc2)c(Cl)c1. The highest BCUT2D eigenvalue weighted by Gasteiger charge is 2.05. The van der Waals surface area contributed by atoms with Crippen LogP contribution in [-0.4, -0.2) is 11.0 Å². The standard InChI is InChI=1S/C15H14ClNO3/c1-10(19)17-12-4-7-15(14(16)8-12)20-13-5-2-11(9-18)3-6-13/h2-8,18H,9H2,1H3,(H,17,19). The number of aliphatic hydroxyl groups is 1. The van der Waals surface area contributed by atoms with Crippen LogP contribution in [0.2, 0.25) is 5.02 Å². The molecular formula is C15H14ClNO3. The number of anilines is 1. The third-order valence-corrected chi connectivity index (χ3v) is 2.88. The number of ether oxygens (including phenoxy) is 1. The van der Waals surface area contributed by atoms with Gasteiger partial charge in [-0.15, -0.1) is 0 Å². The van der Waals surface area contributed by atoms with Crippen LogP contribution in [0.15, 0.2) is 42.5 Å². The Morgan fingerprint density at radius 3 is 2.50 bits per heavy atom. The Kier molecular flexibility index (Phi) is 4.61. The lowest BCUT2D eigenvalue weighted by Crippen LogP contribution is -2.05. The fourth-order valence-corrected chi connectivity index (χ4v) is 1.87. The second-order valence-corrected chi connectivity index (χ2v) is 4.64. The van der Waals surface area contributed by atoms with Crippen molar-refractivity contribution in [2.75, 3.05) is 5.32 Å². The van der Waals surface area contributed by atoms with E-state index < -0.39 is 0 Å². The number of nitrogens with one attached hydrogen (secondary N) is 1. The first-order chi connectivity index (χ1) is 9.58. The van der Waals surface area contributed by atoms with Crippen LogP contribution in [0.25, 0.3) is 0 Å². The molecule has 0 saturated carbocycles. The van der Waals surface area contributed by atoms with Crippen molar-refractivity contribution in [3.05, 3.63) is 53.1 Å². The smallest absolute Gasteiger partial charge is 0.221 e. The van der Waals surface area contributed by atoms with Gasteiger partial charge in [0.15, 0.2) is 0 Å². The van der Waals surface area contributed by atoms with Crippen LogP contribution < -0.4 is 10.1 Å². The molecule has 20 heavy (non-hydrogen) atoms. The van der Waals surface area contributed by atoms with Crippen LogP contribution in [0.1, 0.15) is 12.5 Å². The Bertz CT molecular complexity index is 611. The number of amides is 1. The molecule has 104 valence electrons. The van der Waals surface area contributed by atoms with Crippen LogP contribution in [0.5, 0.6) is 11.5 Å². The molecule has 2 aromatic carbocycles. The number of benzene rings is 2. The topological polar surface area (TPSA) is 58.6 Å². The third-order valence-electron chi connectivity index (χ3n) is 2.59. The summed E-state index contributed by atoms with van der Waals surface area (Å²) in [6.45, 7) is 1.42. The fraction of sp³-hybridized carbons (Fsp3) is 0.133. The monoisotopic (exact) mass is 291 g/mol. The van der Waals surface area contributed by atoms with Crippen molar-refractivity contribution >= 4 is 23.2 Å². The second kappa shape index (κ2) is 6.41. The first-order valence-electron chi connectivity index (χ1n) is 6.03. The molecule has 5 heteroatoms. The average molecular weight is 292 g/mol. The average Bonchev–Trinajstić information content (AvgIpc) is 2.42. The second-order valence-electron chi connectivity index (χ2n) is 4.23. The Hall–Kier alpha value is -2.04. The van der Waals surface area contributed by atoms with E-state index >= 15 is 0 Å². The predicted octanol–water partition coefficient (Wildman–Crippen LogP) is 3.58. The van der Waals surface area contributed by atoms with Crippen LogP contribution >= 0.6 is 11.6 Å². The zero-order valence-corrected chi connectivity index (χ0v) is 11.6. The van der Waals surface area contributed by atoms with Gasteiger partial charge in [-0.1, -0.05) is 23.7 Å². The quantitative estimate of drug-likeness (QED) is 0.905. The van der Waals surface area contributed by atoms with Crippen molar-refractivity contribution in [2.24, 2.45) is 0 Å². The van der Waals surface area contributed by atoms with Crippen LogP contribution in [-0.2, 0) is 11.4 Å². The van der Waals surface area contributed by atoms with Gasteiger partial charge in [0.25, 0.3) is 0 Å². The van der Waals surface area contributed by atoms with Gasteiger partial charge < -0.3 is 15.2 Å². The first kappa shape index (κ1) is 14.4. The van der Waals surface area contributed by atoms with E-state index in [0.29, 0.717) is 22.2 Å². The van der Waals surface area contributed by atoms with Gasteiger partial charge in [0.2, 0.25) is 5.91 Å². The highest BCUT2D eigenvalue weighted by molar-refractivity contribution is 6.32. The molecule has 0 heterocycles. The van der Waals surface area contributed by atoms with Crippen molar-refractivity contribution in [3.8, 4) is 11.5 Å². The summed E-state index contributed by atoms with van der Waals surface area (Å²) < 4.78 is 5.64. The van der Waals surface area contributed by atoms with E-state index in [2.05, 4.69) is 5.32 Å². The molecule has 2 aromatic rings. The molecule has 2 N–H and O–H groups in total. The Morgan fingerprint density at radius 2 is 1.95 bits per heavy atom. The van der Waals surface area contributed by atoms with Crippen molar-refractivity contribution < 1.29 is 14.6 Å². The maximum absolute atomic E-state index is 11.0. The first-order valence-corrected chi connectivity index (χ1v) is 6.41. The lowest BCUT2D eigenvalue weighted by atomic mass is 10.2. The van der Waals surface area contributed by atoms with Crippen molar-refractivity contribution in [1.82, 2.24) is 0 Å². The van der Waals surface area contributed by atoms with E-state index in [1.54, 1.807) is 42.5 Å². The molecule has 2 rings (SSSR count).